The number of rotatable bonds is 11. The van der Waals surface area contributed by atoms with Crippen LogP contribution in [0.2, 0.25) is 10.0 Å². The highest BCUT2D eigenvalue weighted by Gasteiger charge is 2.31. The van der Waals surface area contributed by atoms with Crippen molar-refractivity contribution in [3.8, 4) is 5.75 Å². The zero-order valence-electron chi connectivity index (χ0n) is 21.2. The summed E-state index contributed by atoms with van der Waals surface area (Å²) < 4.78 is 6.92. The van der Waals surface area contributed by atoms with Crippen LogP contribution in [0.25, 0.3) is 0 Å². The molecule has 0 saturated heterocycles. The van der Waals surface area contributed by atoms with Crippen molar-refractivity contribution < 1.29 is 14.3 Å². The van der Waals surface area contributed by atoms with Gasteiger partial charge in [-0.15, -0.1) is 0 Å². The summed E-state index contributed by atoms with van der Waals surface area (Å²) in [6.07, 6.45) is 1.13. The Labute approximate surface area is 237 Å². The highest BCUT2D eigenvalue weighted by atomic mass is 79.9. The van der Waals surface area contributed by atoms with Gasteiger partial charge in [-0.3, -0.25) is 9.59 Å². The molecule has 0 aliphatic heterocycles. The third-order valence-corrected chi connectivity index (χ3v) is 7.79. The molecule has 0 aliphatic carbocycles. The molecule has 37 heavy (non-hydrogen) atoms. The van der Waals surface area contributed by atoms with Gasteiger partial charge in [-0.25, -0.2) is 0 Å². The average Bonchev–Trinajstić information content (AvgIpc) is 2.88. The van der Waals surface area contributed by atoms with E-state index in [1.54, 1.807) is 23.1 Å². The molecule has 196 valence electrons. The van der Waals surface area contributed by atoms with Crippen molar-refractivity contribution in [2.75, 3.05) is 13.2 Å². The van der Waals surface area contributed by atoms with Gasteiger partial charge in [0.1, 0.15) is 11.8 Å². The number of amides is 2. The molecule has 0 saturated carbocycles. The van der Waals surface area contributed by atoms with Crippen molar-refractivity contribution in [2.45, 2.75) is 46.2 Å². The van der Waals surface area contributed by atoms with Gasteiger partial charge < -0.3 is 15.0 Å². The minimum atomic E-state index is -0.759. The fourth-order valence-corrected chi connectivity index (χ4v) is 4.67. The van der Waals surface area contributed by atoms with Crippen LogP contribution in [0.5, 0.6) is 5.75 Å². The molecule has 0 spiro atoms. The minimum absolute atomic E-state index is 0.133. The number of nitrogens with zero attached hydrogens (tertiary/aromatic N) is 1. The monoisotopic (exact) mass is 604 g/mol. The number of benzene rings is 3. The van der Waals surface area contributed by atoms with Crippen LogP contribution in [-0.2, 0) is 22.6 Å². The van der Waals surface area contributed by atoms with E-state index >= 15 is 0 Å². The second-order valence-corrected chi connectivity index (χ2v) is 10.6. The molecule has 0 radical (unpaired) electrons. The van der Waals surface area contributed by atoms with Crippen LogP contribution in [0.1, 0.15) is 35.6 Å². The summed E-state index contributed by atoms with van der Waals surface area (Å²) >= 11 is 16.1. The normalized spacial score (nSPS) is 11.6. The maximum Gasteiger partial charge on any atom is 0.261 e. The SMILES string of the molecule is CCCNC(=O)C(Cc1ccccc1)N(Cc1ccc(Cl)cc1Cl)C(=O)COc1cc(C)c(Br)c(C)c1. The lowest BCUT2D eigenvalue weighted by Crippen LogP contribution is -2.51. The Bertz CT molecular complexity index is 1210. The predicted octanol–water partition coefficient (Wildman–Crippen LogP) is 6.92. The summed E-state index contributed by atoms with van der Waals surface area (Å²) in [6.45, 7) is 6.34. The van der Waals surface area contributed by atoms with Gasteiger partial charge in [0, 0.05) is 34.0 Å². The molecular formula is C29H31BrCl2N2O3. The quantitative estimate of drug-likeness (QED) is 0.258. The highest BCUT2D eigenvalue weighted by Crippen LogP contribution is 2.27. The van der Waals surface area contributed by atoms with E-state index in [-0.39, 0.29) is 25.0 Å². The lowest BCUT2D eigenvalue weighted by atomic mass is 10.0. The van der Waals surface area contributed by atoms with Crippen LogP contribution in [0.15, 0.2) is 65.1 Å². The van der Waals surface area contributed by atoms with Crippen LogP contribution in [-0.4, -0.2) is 35.9 Å². The van der Waals surface area contributed by atoms with E-state index in [1.165, 1.54) is 0 Å². The number of hydrogen-bond donors (Lipinski definition) is 1. The summed E-state index contributed by atoms with van der Waals surface area (Å²) in [5, 5.41) is 3.89. The Morgan fingerprint density at radius 1 is 1.03 bits per heavy atom. The van der Waals surface area contributed by atoms with Gasteiger partial charge in [0.05, 0.1) is 0 Å². The maximum atomic E-state index is 13.7. The van der Waals surface area contributed by atoms with Crippen molar-refractivity contribution in [2.24, 2.45) is 0 Å². The standard InChI is InChI=1S/C29H31BrCl2N2O3/c1-4-12-33-29(36)26(15-21-8-6-5-7-9-21)34(17-22-10-11-23(31)16-25(22)32)27(35)18-37-24-13-19(2)28(30)20(3)14-24/h5-11,13-14,16,26H,4,12,15,17-18H2,1-3H3,(H,33,36). The number of nitrogens with one attached hydrogen (secondary N) is 1. The topological polar surface area (TPSA) is 58.6 Å². The molecule has 0 aromatic heterocycles. The third kappa shape index (κ3) is 8.22. The van der Waals surface area contributed by atoms with E-state index in [1.807, 2.05) is 63.2 Å². The van der Waals surface area contributed by atoms with Gasteiger partial charge in [-0.1, -0.05) is 82.5 Å². The molecule has 3 rings (SSSR count). The number of ether oxygens (including phenoxy) is 1. The number of hydrogen-bond acceptors (Lipinski definition) is 3. The maximum absolute atomic E-state index is 13.7. The zero-order chi connectivity index (χ0) is 26.9. The van der Waals surface area contributed by atoms with Gasteiger partial charge in [0.15, 0.2) is 6.61 Å². The van der Waals surface area contributed by atoms with Gasteiger partial charge in [0.2, 0.25) is 5.91 Å². The van der Waals surface area contributed by atoms with Crippen molar-refractivity contribution in [3.63, 3.8) is 0 Å². The van der Waals surface area contributed by atoms with Gasteiger partial charge >= 0.3 is 0 Å². The molecule has 1 unspecified atom stereocenters. The van der Waals surface area contributed by atoms with Gasteiger partial charge in [-0.05, 0) is 66.8 Å². The minimum Gasteiger partial charge on any atom is -0.484 e. The molecular weight excluding hydrogens is 575 g/mol. The first kappa shape index (κ1) is 29.0. The summed E-state index contributed by atoms with van der Waals surface area (Å²) in [5.41, 5.74) is 3.65. The summed E-state index contributed by atoms with van der Waals surface area (Å²) in [4.78, 5) is 28.6. The fraction of sp³-hybridized carbons (Fsp3) is 0.310. The second kappa shape index (κ2) is 13.8. The molecule has 0 fully saturated rings. The van der Waals surface area contributed by atoms with Crippen molar-refractivity contribution in [3.05, 3.63) is 97.4 Å². The van der Waals surface area contributed by atoms with E-state index in [9.17, 15) is 9.59 Å². The molecule has 1 atom stereocenters. The first-order valence-corrected chi connectivity index (χ1v) is 13.7. The molecule has 8 heteroatoms. The smallest absolute Gasteiger partial charge is 0.261 e. The van der Waals surface area contributed by atoms with Crippen molar-refractivity contribution in [1.29, 1.82) is 0 Å². The first-order valence-electron chi connectivity index (χ1n) is 12.1. The van der Waals surface area contributed by atoms with Crippen LogP contribution < -0.4 is 10.1 Å². The third-order valence-electron chi connectivity index (χ3n) is 5.95. The Morgan fingerprint density at radius 2 is 1.70 bits per heavy atom. The number of carbonyl (C=O) groups is 2. The highest BCUT2D eigenvalue weighted by molar-refractivity contribution is 9.10. The van der Waals surface area contributed by atoms with Gasteiger partial charge in [0.25, 0.3) is 5.91 Å². The molecule has 2 amide bonds. The molecule has 0 bridgehead atoms. The second-order valence-electron chi connectivity index (χ2n) is 8.91. The Morgan fingerprint density at radius 3 is 2.32 bits per heavy atom. The lowest BCUT2D eigenvalue weighted by molar-refractivity contribution is -0.142. The van der Waals surface area contributed by atoms with E-state index < -0.39 is 6.04 Å². The molecule has 3 aromatic rings. The Kier molecular flexibility index (Phi) is 10.9. The predicted molar refractivity (Wildman–Crippen MR) is 153 cm³/mol. The summed E-state index contributed by atoms with van der Waals surface area (Å²) in [6, 6.07) is 17.8. The largest absolute Gasteiger partial charge is 0.484 e. The number of carbonyl (C=O) groups excluding carboxylic acids is 2. The van der Waals surface area contributed by atoms with Crippen molar-refractivity contribution >= 4 is 50.9 Å². The van der Waals surface area contributed by atoms with Gasteiger partial charge in [-0.2, -0.15) is 0 Å². The van der Waals surface area contributed by atoms with Crippen LogP contribution in [0, 0.1) is 13.8 Å². The van der Waals surface area contributed by atoms with E-state index in [0.717, 1.165) is 27.6 Å². The molecule has 1 N–H and O–H groups in total. The fourth-order valence-electron chi connectivity index (χ4n) is 3.97. The number of halogens is 3. The molecule has 0 heterocycles. The van der Waals surface area contributed by atoms with E-state index in [0.29, 0.717) is 34.3 Å². The van der Waals surface area contributed by atoms with Crippen LogP contribution >= 0.6 is 39.1 Å². The van der Waals surface area contributed by atoms with E-state index in [2.05, 4.69) is 21.2 Å². The number of aryl methyl sites for hydroxylation is 2. The molecule has 0 aliphatic rings. The Balaban J connectivity index is 1.94. The van der Waals surface area contributed by atoms with E-state index in [4.69, 9.17) is 27.9 Å². The molecule has 5 nitrogen and oxygen atoms in total. The molecule has 3 aromatic carbocycles. The first-order chi connectivity index (χ1) is 17.7. The van der Waals surface area contributed by atoms with Crippen molar-refractivity contribution in [1.82, 2.24) is 10.2 Å². The zero-order valence-corrected chi connectivity index (χ0v) is 24.3. The van der Waals surface area contributed by atoms with Crippen LogP contribution in [0.3, 0.4) is 0 Å². The average molecular weight is 606 g/mol. The Hall–Kier alpha value is -2.54. The summed E-state index contributed by atoms with van der Waals surface area (Å²) in [7, 11) is 0. The summed E-state index contributed by atoms with van der Waals surface area (Å²) in [5.74, 6) is 0.0439. The lowest BCUT2D eigenvalue weighted by Gasteiger charge is -2.31. The van der Waals surface area contributed by atoms with Crippen LogP contribution in [0.4, 0.5) is 0 Å².